The second-order valence-electron chi connectivity index (χ2n) is 3.87. The molecule has 0 saturated carbocycles. The van der Waals surface area contributed by atoms with Gasteiger partial charge in [0.15, 0.2) is 0 Å². The van der Waals surface area contributed by atoms with Crippen molar-refractivity contribution in [2.45, 2.75) is 31.7 Å². The summed E-state index contributed by atoms with van der Waals surface area (Å²) in [6, 6.07) is -0.505. The number of aryl methyl sites for hydroxylation is 1. The third kappa shape index (κ3) is 5.67. The SMILES string of the molecule is CC(Cl)C(=O)NC(=O)NCCCCn1ccnc1. The number of urea groups is 1. The van der Waals surface area contributed by atoms with Gasteiger partial charge in [0.2, 0.25) is 5.91 Å². The highest BCUT2D eigenvalue weighted by molar-refractivity contribution is 6.31. The van der Waals surface area contributed by atoms with E-state index in [0.717, 1.165) is 19.4 Å². The maximum absolute atomic E-state index is 11.2. The normalized spacial score (nSPS) is 11.9. The van der Waals surface area contributed by atoms with Crippen molar-refractivity contribution in [2.24, 2.45) is 0 Å². The number of rotatable bonds is 6. The molecule has 0 saturated heterocycles. The van der Waals surface area contributed by atoms with E-state index in [9.17, 15) is 9.59 Å². The van der Waals surface area contributed by atoms with E-state index in [2.05, 4.69) is 15.6 Å². The van der Waals surface area contributed by atoms with Gasteiger partial charge in [-0.15, -0.1) is 11.6 Å². The summed E-state index contributed by atoms with van der Waals surface area (Å²) in [5.41, 5.74) is 0. The number of carbonyl (C=O) groups excluding carboxylic acids is 2. The van der Waals surface area contributed by atoms with Gasteiger partial charge < -0.3 is 9.88 Å². The average Bonchev–Trinajstić information content (AvgIpc) is 2.81. The molecule has 1 unspecified atom stereocenters. The van der Waals surface area contributed by atoms with Crippen molar-refractivity contribution in [1.29, 1.82) is 0 Å². The summed E-state index contributed by atoms with van der Waals surface area (Å²) in [7, 11) is 0. The van der Waals surface area contributed by atoms with Crippen LogP contribution in [0.1, 0.15) is 19.8 Å². The number of imide groups is 1. The van der Waals surface area contributed by atoms with Gasteiger partial charge in [-0.3, -0.25) is 10.1 Å². The molecular weight excluding hydrogens is 256 g/mol. The number of halogens is 1. The molecule has 0 spiro atoms. The van der Waals surface area contributed by atoms with Crippen molar-refractivity contribution < 1.29 is 9.59 Å². The highest BCUT2D eigenvalue weighted by Crippen LogP contribution is 1.94. The average molecular weight is 273 g/mol. The van der Waals surface area contributed by atoms with Crippen molar-refractivity contribution in [1.82, 2.24) is 20.2 Å². The fourth-order valence-electron chi connectivity index (χ4n) is 1.30. The summed E-state index contributed by atoms with van der Waals surface area (Å²) >= 11 is 5.51. The molecule has 0 aliphatic carbocycles. The predicted octanol–water partition coefficient (Wildman–Crippen LogP) is 1.12. The molecule has 0 radical (unpaired) electrons. The Balaban J connectivity index is 2.04. The van der Waals surface area contributed by atoms with Crippen molar-refractivity contribution in [3.63, 3.8) is 0 Å². The maximum atomic E-state index is 11.2. The molecule has 1 aromatic heterocycles. The van der Waals surface area contributed by atoms with E-state index in [-0.39, 0.29) is 0 Å². The minimum Gasteiger partial charge on any atom is -0.338 e. The van der Waals surface area contributed by atoms with Gasteiger partial charge in [0, 0.05) is 25.5 Å². The number of aromatic nitrogens is 2. The number of unbranched alkanes of at least 4 members (excludes halogenated alkanes) is 1. The number of nitrogens with one attached hydrogen (secondary N) is 2. The van der Waals surface area contributed by atoms with Gasteiger partial charge in [-0.25, -0.2) is 9.78 Å². The van der Waals surface area contributed by atoms with E-state index >= 15 is 0 Å². The van der Waals surface area contributed by atoms with Gasteiger partial charge in [0.1, 0.15) is 5.38 Å². The molecule has 1 aromatic rings. The Kier molecular flexibility index (Phi) is 6.21. The molecule has 100 valence electrons. The van der Waals surface area contributed by atoms with Crippen LogP contribution in [0.5, 0.6) is 0 Å². The lowest BCUT2D eigenvalue weighted by molar-refractivity contribution is -0.119. The van der Waals surface area contributed by atoms with E-state index < -0.39 is 17.3 Å². The molecular formula is C11H17ClN4O2. The number of hydrogen-bond donors (Lipinski definition) is 2. The zero-order valence-electron chi connectivity index (χ0n) is 10.2. The molecule has 18 heavy (non-hydrogen) atoms. The molecule has 0 aromatic carbocycles. The summed E-state index contributed by atoms with van der Waals surface area (Å²) in [4.78, 5) is 26.2. The molecule has 7 heteroatoms. The molecule has 0 bridgehead atoms. The fraction of sp³-hybridized carbons (Fsp3) is 0.545. The van der Waals surface area contributed by atoms with E-state index in [1.54, 1.807) is 12.5 Å². The van der Waals surface area contributed by atoms with Crippen LogP contribution in [0.15, 0.2) is 18.7 Å². The number of nitrogens with zero attached hydrogens (tertiary/aromatic N) is 2. The first kappa shape index (κ1) is 14.5. The molecule has 1 heterocycles. The number of imidazole rings is 1. The number of carbonyl (C=O) groups is 2. The highest BCUT2D eigenvalue weighted by Gasteiger charge is 2.11. The minimum absolute atomic E-state index is 0.493. The Morgan fingerprint density at radius 1 is 1.44 bits per heavy atom. The Labute approximate surface area is 111 Å². The van der Waals surface area contributed by atoms with Gasteiger partial charge in [0.25, 0.3) is 0 Å². The highest BCUT2D eigenvalue weighted by atomic mass is 35.5. The van der Waals surface area contributed by atoms with E-state index in [1.807, 2.05) is 10.8 Å². The Morgan fingerprint density at radius 2 is 2.22 bits per heavy atom. The molecule has 3 amide bonds. The largest absolute Gasteiger partial charge is 0.338 e. The summed E-state index contributed by atoms with van der Waals surface area (Å²) in [5, 5.41) is 4.03. The molecule has 1 atom stereocenters. The minimum atomic E-state index is -0.711. The quantitative estimate of drug-likeness (QED) is 0.602. The van der Waals surface area contributed by atoms with E-state index in [1.165, 1.54) is 6.92 Å². The van der Waals surface area contributed by atoms with Crippen LogP contribution in [0.4, 0.5) is 4.79 Å². The summed E-state index contributed by atoms with van der Waals surface area (Å²) in [6.07, 6.45) is 7.12. The summed E-state index contributed by atoms with van der Waals surface area (Å²) in [5.74, 6) is -0.493. The van der Waals surface area contributed by atoms with Crippen LogP contribution in [0, 0.1) is 0 Å². The maximum Gasteiger partial charge on any atom is 0.321 e. The van der Waals surface area contributed by atoms with Crippen LogP contribution in [-0.4, -0.2) is 33.4 Å². The number of hydrogen-bond acceptors (Lipinski definition) is 3. The van der Waals surface area contributed by atoms with E-state index in [0.29, 0.717) is 6.54 Å². The van der Waals surface area contributed by atoms with Crippen LogP contribution in [0.25, 0.3) is 0 Å². The van der Waals surface area contributed by atoms with Crippen LogP contribution >= 0.6 is 11.6 Å². The van der Waals surface area contributed by atoms with Crippen molar-refractivity contribution >= 4 is 23.5 Å². The van der Waals surface area contributed by atoms with Gasteiger partial charge in [-0.05, 0) is 19.8 Å². The Bertz CT molecular complexity index is 378. The van der Waals surface area contributed by atoms with Gasteiger partial charge in [0.05, 0.1) is 6.33 Å². The Morgan fingerprint density at radius 3 is 2.83 bits per heavy atom. The smallest absolute Gasteiger partial charge is 0.321 e. The summed E-state index contributed by atoms with van der Waals surface area (Å²) < 4.78 is 1.97. The van der Waals surface area contributed by atoms with E-state index in [4.69, 9.17) is 11.6 Å². The number of amides is 3. The molecule has 2 N–H and O–H groups in total. The second-order valence-corrected chi connectivity index (χ2v) is 4.52. The van der Waals surface area contributed by atoms with Crippen LogP contribution in [-0.2, 0) is 11.3 Å². The van der Waals surface area contributed by atoms with Crippen LogP contribution in [0.2, 0.25) is 0 Å². The first-order valence-corrected chi connectivity index (χ1v) is 6.21. The summed E-state index contributed by atoms with van der Waals surface area (Å²) in [6.45, 7) is 2.89. The lowest BCUT2D eigenvalue weighted by Crippen LogP contribution is -2.42. The topological polar surface area (TPSA) is 76.0 Å². The molecule has 6 nitrogen and oxygen atoms in total. The zero-order chi connectivity index (χ0) is 13.4. The van der Waals surface area contributed by atoms with Crippen molar-refractivity contribution in [3.8, 4) is 0 Å². The van der Waals surface area contributed by atoms with Crippen molar-refractivity contribution in [2.75, 3.05) is 6.54 Å². The molecule has 1 rings (SSSR count). The standard InChI is InChI=1S/C11H17ClN4O2/c1-9(12)10(17)15-11(18)14-4-2-3-6-16-7-5-13-8-16/h5,7-9H,2-4,6H2,1H3,(H2,14,15,17,18). The Hall–Kier alpha value is -1.56. The number of alkyl halides is 1. The first-order chi connectivity index (χ1) is 8.59. The fourth-order valence-corrected chi connectivity index (χ4v) is 1.35. The van der Waals surface area contributed by atoms with Gasteiger partial charge in [-0.1, -0.05) is 0 Å². The third-order valence-corrected chi connectivity index (χ3v) is 2.48. The molecule has 0 aliphatic heterocycles. The lowest BCUT2D eigenvalue weighted by atomic mass is 10.3. The lowest BCUT2D eigenvalue weighted by Gasteiger charge is -2.07. The van der Waals surface area contributed by atoms with Crippen LogP contribution < -0.4 is 10.6 Å². The second kappa shape index (κ2) is 7.71. The van der Waals surface area contributed by atoms with Crippen molar-refractivity contribution in [3.05, 3.63) is 18.7 Å². The predicted molar refractivity (Wildman–Crippen MR) is 68.3 cm³/mol. The molecule has 0 aliphatic rings. The third-order valence-electron chi connectivity index (χ3n) is 2.29. The first-order valence-electron chi connectivity index (χ1n) is 5.78. The molecule has 0 fully saturated rings. The monoisotopic (exact) mass is 272 g/mol. The van der Waals surface area contributed by atoms with Crippen LogP contribution in [0.3, 0.4) is 0 Å². The van der Waals surface area contributed by atoms with Gasteiger partial charge in [-0.2, -0.15) is 0 Å². The zero-order valence-corrected chi connectivity index (χ0v) is 11.0. The van der Waals surface area contributed by atoms with Gasteiger partial charge >= 0.3 is 6.03 Å².